The maximum Gasteiger partial charge on any atom is 0.123 e. The third kappa shape index (κ3) is 4.29. The van der Waals surface area contributed by atoms with Crippen LogP contribution in [0.2, 0.25) is 0 Å². The molecule has 0 saturated heterocycles. The van der Waals surface area contributed by atoms with E-state index >= 15 is 0 Å². The van der Waals surface area contributed by atoms with E-state index in [1.807, 2.05) is 0 Å². The molecule has 1 heterocycles. The summed E-state index contributed by atoms with van der Waals surface area (Å²) < 4.78 is 2.35. The first-order valence-electron chi connectivity index (χ1n) is 7.94. The van der Waals surface area contributed by atoms with Gasteiger partial charge in [0.15, 0.2) is 0 Å². The van der Waals surface area contributed by atoms with Crippen LogP contribution in [0.1, 0.15) is 32.5 Å². The monoisotopic (exact) mass is 288 g/mol. The van der Waals surface area contributed by atoms with Crippen molar-refractivity contribution in [1.82, 2.24) is 19.8 Å². The van der Waals surface area contributed by atoms with E-state index in [9.17, 15) is 0 Å². The van der Waals surface area contributed by atoms with Gasteiger partial charge in [0.1, 0.15) is 5.82 Å². The van der Waals surface area contributed by atoms with Crippen molar-refractivity contribution in [3.63, 3.8) is 0 Å². The quantitative estimate of drug-likeness (QED) is 0.811. The van der Waals surface area contributed by atoms with E-state index in [1.165, 1.54) is 5.52 Å². The average Bonchev–Trinajstić information content (AvgIpc) is 2.81. The van der Waals surface area contributed by atoms with Gasteiger partial charge in [-0.2, -0.15) is 0 Å². The van der Waals surface area contributed by atoms with Gasteiger partial charge in [0, 0.05) is 12.6 Å². The molecule has 2 rings (SSSR count). The van der Waals surface area contributed by atoms with Crippen LogP contribution < -0.4 is 5.32 Å². The molecule has 1 aromatic heterocycles. The molecular weight excluding hydrogens is 260 g/mol. The number of aryl methyl sites for hydroxylation is 1. The molecule has 1 atom stereocenters. The minimum Gasteiger partial charge on any atom is -0.327 e. The normalized spacial score (nSPS) is 13.2. The third-order valence-electron chi connectivity index (χ3n) is 3.80. The van der Waals surface area contributed by atoms with Gasteiger partial charge in [0.05, 0.1) is 17.6 Å². The summed E-state index contributed by atoms with van der Waals surface area (Å²) in [4.78, 5) is 7.02. The predicted octanol–water partition coefficient (Wildman–Crippen LogP) is 2.88. The van der Waals surface area contributed by atoms with Gasteiger partial charge in [-0.05, 0) is 52.5 Å². The Morgan fingerprint density at radius 3 is 2.76 bits per heavy atom. The fourth-order valence-electron chi connectivity index (χ4n) is 2.55. The number of nitrogens with zero attached hydrogens (tertiary/aromatic N) is 3. The number of para-hydroxylation sites is 2. The Morgan fingerprint density at radius 2 is 2.05 bits per heavy atom. The Morgan fingerprint density at radius 1 is 1.29 bits per heavy atom. The molecule has 0 spiro atoms. The molecule has 116 valence electrons. The zero-order valence-corrected chi connectivity index (χ0v) is 13.8. The van der Waals surface area contributed by atoms with Crippen molar-refractivity contribution in [3.8, 4) is 0 Å². The molecular formula is C17H28N4. The number of hydrogen-bond donors (Lipinski definition) is 1. The molecule has 0 aliphatic carbocycles. The van der Waals surface area contributed by atoms with Crippen molar-refractivity contribution in [2.45, 2.75) is 45.8 Å². The van der Waals surface area contributed by atoms with Gasteiger partial charge in [-0.1, -0.05) is 19.1 Å². The van der Waals surface area contributed by atoms with Crippen LogP contribution in [0.3, 0.4) is 0 Å². The molecule has 0 radical (unpaired) electrons. The number of imidazole rings is 1. The summed E-state index contributed by atoms with van der Waals surface area (Å²) in [6.07, 6.45) is 2.28. The van der Waals surface area contributed by atoms with E-state index in [0.717, 1.165) is 43.8 Å². The number of aromatic nitrogens is 2. The molecule has 0 bridgehead atoms. The number of fused-ring (bicyclic) bond motifs is 1. The van der Waals surface area contributed by atoms with Crippen LogP contribution in [-0.2, 0) is 13.1 Å². The number of benzene rings is 1. The van der Waals surface area contributed by atoms with Crippen LogP contribution in [0.15, 0.2) is 24.3 Å². The van der Waals surface area contributed by atoms with Crippen LogP contribution in [0.25, 0.3) is 11.0 Å². The van der Waals surface area contributed by atoms with Gasteiger partial charge in [-0.15, -0.1) is 0 Å². The van der Waals surface area contributed by atoms with E-state index in [-0.39, 0.29) is 0 Å². The first-order valence-corrected chi connectivity index (χ1v) is 7.94. The van der Waals surface area contributed by atoms with Crippen LogP contribution >= 0.6 is 0 Å². The Bertz CT molecular complexity index is 559. The van der Waals surface area contributed by atoms with Crippen molar-refractivity contribution < 1.29 is 0 Å². The number of hydrogen-bond acceptors (Lipinski definition) is 3. The van der Waals surface area contributed by atoms with E-state index in [0.29, 0.717) is 6.04 Å². The molecule has 0 aliphatic rings. The van der Waals surface area contributed by atoms with E-state index in [4.69, 9.17) is 4.98 Å². The summed E-state index contributed by atoms with van der Waals surface area (Å²) in [5.41, 5.74) is 2.35. The molecule has 1 N–H and O–H groups in total. The van der Waals surface area contributed by atoms with Crippen molar-refractivity contribution in [2.75, 3.05) is 20.6 Å². The lowest BCUT2D eigenvalue weighted by molar-refractivity contribution is 0.363. The molecule has 4 heteroatoms. The predicted molar refractivity (Wildman–Crippen MR) is 89.5 cm³/mol. The van der Waals surface area contributed by atoms with Gasteiger partial charge >= 0.3 is 0 Å². The fraction of sp³-hybridized carbons (Fsp3) is 0.588. The zero-order chi connectivity index (χ0) is 15.2. The highest BCUT2D eigenvalue weighted by Gasteiger charge is 2.10. The summed E-state index contributed by atoms with van der Waals surface area (Å²) in [6.45, 7) is 7.44. The van der Waals surface area contributed by atoms with Crippen LogP contribution in [0, 0.1) is 0 Å². The van der Waals surface area contributed by atoms with E-state index < -0.39 is 0 Å². The van der Waals surface area contributed by atoms with Gasteiger partial charge < -0.3 is 14.8 Å². The van der Waals surface area contributed by atoms with Crippen LogP contribution in [0.5, 0.6) is 0 Å². The maximum atomic E-state index is 4.79. The number of rotatable bonds is 8. The lowest BCUT2D eigenvalue weighted by Gasteiger charge is -2.17. The highest BCUT2D eigenvalue weighted by molar-refractivity contribution is 5.75. The minimum atomic E-state index is 0.502. The second-order valence-electron chi connectivity index (χ2n) is 6.04. The SMILES string of the molecule is CCCn1c(CNC(C)CCN(C)C)nc2ccccc21. The average molecular weight is 288 g/mol. The molecule has 0 amide bonds. The summed E-state index contributed by atoms with van der Waals surface area (Å²) in [5, 5.41) is 3.60. The second kappa shape index (κ2) is 7.57. The van der Waals surface area contributed by atoms with Crippen LogP contribution in [-0.4, -0.2) is 41.1 Å². The Hall–Kier alpha value is -1.39. The fourth-order valence-corrected chi connectivity index (χ4v) is 2.55. The van der Waals surface area contributed by atoms with Crippen molar-refractivity contribution in [2.24, 2.45) is 0 Å². The Labute approximate surface area is 128 Å². The van der Waals surface area contributed by atoms with Gasteiger partial charge in [-0.3, -0.25) is 0 Å². The highest BCUT2D eigenvalue weighted by Crippen LogP contribution is 2.16. The molecule has 1 unspecified atom stereocenters. The van der Waals surface area contributed by atoms with Crippen molar-refractivity contribution in [3.05, 3.63) is 30.1 Å². The smallest absolute Gasteiger partial charge is 0.123 e. The molecule has 0 saturated carbocycles. The van der Waals surface area contributed by atoms with Crippen molar-refractivity contribution >= 4 is 11.0 Å². The van der Waals surface area contributed by atoms with Gasteiger partial charge in [0.2, 0.25) is 0 Å². The standard InChI is InChI=1S/C17H28N4/c1-5-11-21-16-9-7-6-8-15(16)19-17(21)13-18-14(2)10-12-20(3)4/h6-9,14,18H,5,10-13H2,1-4H3. The molecule has 2 aromatic rings. The largest absolute Gasteiger partial charge is 0.327 e. The van der Waals surface area contributed by atoms with Gasteiger partial charge in [0.25, 0.3) is 0 Å². The van der Waals surface area contributed by atoms with E-state index in [1.54, 1.807) is 0 Å². The molecule has 1 aromatic carbocycles. The first-order chi connectivity index (χ1) is 10.1. The van der Waals surface area contributed by atoms with Crippen molar-refractivity contribution in [1.29, 1.82) is 0 Å². The lowest BCUT2D eigenvalue weighted by Crippen LogP contribution is -2.30. The minimum absolute atomic E-state index is 0.502. The first kappa shape index (κ1) is 16.0. The Balaban J connectivity index is 2.05. The molecule has 0 fully saturated rings. The third-order valence-corrected chi connectivity index (χ3v) is 3.80. The highest BCUT2D eigenvalue weighted by atomic mass is 15.1. The topological polar surface area (TPSA) is 33.1 Å². The Kier molecular flexibility index (Phi) is 5.76. The summed E-state index contributed by atoms with van der Waals surface area (Å²) >= 11 is 0. The van der Waals surface area contributed by atoms with Gasteiger partial charge in [-0.25, -0.2) is 4.98 Å². The van der Waals surface area contributed by atoms with E-state index in [2.05, 4.69) is 67.0 Å². The summed E-state index contributed by atoms with van der Waals surface area (Å²) in [7, 11) is 4.24. The second-order valence-corrected chi connectivity index (χ2v) is 6.04. The summed E-state index contributed by atoms with van der Waals surface area (Å²) in [5.74, 6) is 1.15. The number of nitrogens with one attached hydrogen (secondary N) is 1. The molecule has 4 nitrogen and oxygen atoms in total. The maximum absolute atomic E-state index is 4.79. The lowest BCUT2D eigenvalue weighted by atomic mass is 10.2. The zero-order valence-electron chi connectivity index (χ0n) is 13.8. The molecule has 0 aliphatic heterocycles. The summed E-state index contributed by atoms with van der Waals surface area (Å²) in [6, 6.07) is 8.91. The molecule has 21 heavy (non-hydrogen) atoms. The van der Waals surface area contributed by atoms with Crippen LogP contribution in [0.4, 0.5) is 0 Å².